The lowest BCUT2D eigenvalue weighted by Crippen LogP contribution is -2.23. The summed E-state index contributed by atoms with van der Waals surface area (Å²) in [5.41, 5.74) is -0.352. The van der Waals surface area contributed by atoms with Crippen molar-refractivity contribution >= 4 is 11.6 Å². The van der Waals surface area contributed by atoms with Crippen molar-refractivity contribution in [1.29, 1.82) is 0 Å². The Hall–Kier alpha value is -1.71. The number of carbonyl (C=O) groups is 1. The van der Waals surface area contributed by atoms with E-state index < -0.39 is 11.6 Å². The fourth-order valence-corrected chi connectivity index (χ4v) is 2.18. The minimum Gasteiger partial charge on any atom is -0.321 e. The molecule has 1 aromatic rings. The van der Waals surface area contributed by atoms with E-state index >= 15 is 0 Å². The molecule has 0 heterocycles. The number of hydrogen-bond donors (Lipinski definition) is 1. The number of benzene rings is 1. The molecule has 0 spiro atoms. The third-order valence-electron chi connectivity index (χ3n) is 3.48. The Balaban J connectivity index is 2.55. The summed E-state index contributed by atoms with van der Waals surface area (Å²) in [6, 6.07) is 3.55. The first-order valence-corrected chi connectivity index (χ1v) is 7.46. The minimum atomic E-state index is -0.744. The first-order chi connectivity index (χ1) is 10.1. The SMILES string of the molecule is C/C=C/CCCCC(CC)C(=O)Nc1c(F)cccc1F. The molecule has 1 rings (SSSR count). The molecular formula is C17H23F2NO. The van der Waals surface area contributed by atoms with Gasteiger partial charge in [0.15, 0.2) is 0 Å². The molecule has 1 unspecified atom stereocenters. The number of anilines is 1. The summed E-state index contributed by atoms with van der Waals surface area (Å²) < 4.78 is 27.0. The number of amides is 1. The smallest absolute Gasteiger partial charge is 0.227 e. The maximum absolute atomic E-state index is 13.5. The number of carbonyl (C=O) groups excluding carboxylic acids is 1. The molecule has 0 aliphatic rings. The summed E-state index contributed by atoms with van der Waals surface area (Å²) >= 11 is 0. The van der Waals surface area contributed by atoms with Crippen LogP contribution in [0.1, 0.15) is 46.0 Å². The molecule has 116 valence electrons. The van der Waals surface area contributed by atoms with E-state index in [9.17, 15) is 13.6 Å². The topological polar surface area (TPSA) is 29.1 Å². The predicted molar refractivity (Wildman–Crippen MR) is 82.1 cm³/mol. The molecule has 0 radical (unpaired) electrons. The van der Waals surface area contributed by atoms with Crippen LogP contribution in [0.15, 0.2) is 30.4 Å². The molecule has 0 bridgehead atoms. The molecular weight excluding hydrogens is 272 g/mol. The summed E-state index contributed by atoms with van der Waals surface area (Å²) in [5, 5.41) is 2.38. The van der Waals surface area contributed by atoms with Crippen LogP contribution in [0.2, 0.25) is 0 Å². The molecule has 1 amide bonds. The highest BCUT2D eigenvalue weighted by Crippen LogP contribution is 2.21. The number of hydrogen-bond acceptors (Lipinski definition) is 1. The van der Waals surface area contributed by atoms with Gasteiger partial charge in [-0.2, -0.15) is 0 Å². The van der Waals surface area contributed by atoms with Crippen molar-refractivity contribution in [2.75, 3.05) is 5.32 Å². The lowest BCUT2D eigenvalue weighted by Gasteiger charge is -2.15. The van der Waals surface area contributed by atoms with Gasteiger partial charge in [0.1, 0.15) is 17.3 Å². The fourth-order valence-electron chi connectivity index (χ4n) is 2.18. The zero-order chi connectivity index (χ0) is 15.7. The van der Waals surface area contributed by atoms with Gasteiger partial charge in [0.25, 0.3) is 0 Å². The largest absolute Gasteiger partial charge is 0.321 e. The average Bonchev–Trinajstić information content (AvgIpc) is 2.46. The summed E-state index contributed by atoms with van der Waals surface area (Å²) in [6.45, 7) is 3.89. The normalized spacial score (nSPS) is 12.6. The van der Waals surface area contributed by atoms with Gasteiger partial charge < -0.3 is 5.32 Å². The molecule has 0 aliphatic heterocycles. The summed E-state index contributed by atoms with van der Waals surface area (Å²) in [4.78, 5) is 12.1. The average molecular weight is 295 g/mol. The van der Waals surface area contributed by atoms with Crippen molar-refractivity contribution in [2.24, 2.45) is 5.92 Å². The second kappa shape index (κ2) is 9.27. The summed E-state index contributed by atoms with van der Waals surface area (Å²) in [6.07, 6.45) is 8.43. The van der Waals surface area contributed by atoms with E-state index in [1.807, 2.05) is 19.9 Å². The monoisotopic (exact) mass is 295 g/mol. The van der Waals surface area contributed by atoms with Gasteiger partial charge in [-0.3, -0.25) is 4.79 Å². The highest BCUT2D eigenvalue weighted by atomic mass is 19.1. The molecule has 0 aromatic heterocycles. The molecule has 1 N–H and O–H groups in total. The van der Waals surface area contributed by atoms with E-state index in [0.717, 1.165) is 37.8 Å². The number of allylic oxidation sites excluding steroid dienone is 2. The Kier molecular flexibility index (Phi) is 7.65. The van der Waals surface area contributed by atoms with Crippen molar-refractivity contribution in [3.05, 3.63) is 42.0 Å². The molecule has 0 aliphatic carbocycles. The van der Waals surface area contributed by atoms with Crippen molar-refractivity contribution in [1.82, 2.24) is 0 Å². The van der Waals surface area contributed by atoms with Crippen LogP contribution in [0.25, 0.3) is 0 Å². The molecule has 21 heavy (non-hydrogen) atoms. The van der Waals surface area contributed by atoms with Crippen LogP contribution in [0.4, 0.5) is 14.5 Å². The Morgan fingerprint density at radius 3 is 2.52 bits per heavy atom. The molecule has 1 atom stereocenters. The van der Waals surface area contributed by atoms with Crippen LogP contribution >= 0.6 is 0 Å². The predicted octanol–water partition coefficient (Wildman–Crippen LogP) is 5.07. The van der Waals surface area contributed by atoms with E-state index in [0.29, 0.717) is 6.42 Å². The quantitative estimate of drug-likeness (QED) is 0.526. The zero-order valence-corrected chi connectivity index (χ0v) is 12.7. The number of halogens is 2. The van der Waals surface area contributed by atoms with Gasteiger partial charge in [-0.25, -0.2) is 8.78 Å². The number of unbranched alkanes of at least 4 members (excludes halogenated alkanes) is 2. The highest BCUT2D eigenvalue weighted by Gasteiger charge is 2.19. The molecule has 0 fully saturated rings. The van der Waals surface area contributed by atoms with Crippen molar-refractivity contribution in [2.45, 2.75) is 46.0 Å². The van der Waals surface area contributed by atoms with Gasteiger partial charge in [-0.05, 0) is 44.7 Å². The van der Waals surface area contributed by atoms with Gasteiger partial charge in [0.2, 0.25) is 5.91 Å². The summed E-state index contributed by atoms with van der Waals surface area (Å²) in [7, 11) is 0. The van der Waals surface area contributed by atoms with Gasteiger partial charge >= 0.3 is 0 Å². The third-order valence-corrected chi connectivity index (χ3v) is 3.48. The van der Waals surface area contributed by atoms with Gasteiger partial charge in [0, 0.05) is 5.92 Å². The van der Waals surface area contributed by atoms with E-state index in [1.54, 1.807) is 0 Å². The van der Waals surface area contributed by atoms with E-state index in [4.69, 9.17) is 0 Å². The van der Waals surface area contributed by atoms with E-state index in [-0.39, 0.29) is 17.5 Å². The number of nitrogens with one attached hydrogen (secondary N) is 1. The second-order valence-corrected chi connectivity index (χ2v) is 5.04. The Bertz CT molecular complexity index is 465. The lowest BCUT2D eigenvalue weighted by molar-refractivity contribution is -0.120. The number of rotatable bonds is 8. The zero-order valence-electron chi connectivity index (χ0n) is 12.7. The van der Waals surface area contributed by atoms with Crippen molar-refractivity contribution < 1.29 is 13.6 Å². The van der Waals surface area contributed by atoms with Crippen molar-refractivity contribution in [3.8, 4) is 0 Å². The van der Waals surface area contributed by atoms with Crippen LogP contribution in [-0.2, 0) is 4.79 Å². The van der Waals surface area contributed by atoms with E-state index in [2.05, 4.69) is 11.4 Å². The third kappa shape index (κ3) is 5.66. The fraction of sp³-hybridized carbons (Fsp3) is 0.471. The first kappa shape index (κ1) is 17.3. The molecule has 2 nitrogen and oxygen atoms in total. The number of para-hydroxylation sites is 1. The van der Waals surface area contributed by atoms with Crippen LogP contribution in [0.5, 0.6) is 0 Å². The van der Waals surface area contributed by atoms with Crippen LogP contribution < -0.4 is 5.32 Å². The molecule has 4 heteroatoms. The highest BCUT2D eigenvalue weighted by molar-refractivity contribution is 5.92. The van der Waals surface area contributed by atoms with Gasteiger partial charge in [-0.1, -0.05) is 31.6 Å². The van der Waals surface area contributed by atoms with Crippen LogP contribution in [-0.4, -0.2) is 5.91 Å². The van der Waals surface area contributed by atoms with Crippen molar-refractivity contribution in [3.63, 3.8) is 0 Å². The molecule has 1 aromatic carbocycles. The van der Waals surface area contributed by atoms with Gasteiger partial charge in [0.05, 0.1) is 0 Å². The maximum Gasteiger partial charge on any atom is 0.227 e. The minimum absolute atomic E-state index is 0.213. The lowest BCUT2D eigenvalue weighted by atomic mass is 9.97. The second-order valence-electron chi connectivity index (χ2n) is 5.04. The maximum atomic E-state index is 13.5. The summed E-state index contributed by atoms with van der Waals surface area (Å²) in [5.74, 6) is -2.01. The van der Waals surface area contributed by atoms with Crippen LogP contribution in [0, 0.1) is 17.6 Å². The Morgan fingerprint density at radius 2 is 1.95 bits per heavy atom. The van der Waals surface area contributed by atoms with E-state index in [1.165, 1.54) is 6.07 Å². The van der Waals surface area contributed by atoms with Crippen LogP contribution in [0.3, 0.4) is 0 Å². The Labute approximate surface area is 125 Å². The first-order valence-electron chi connectivity index (χ1n) is 7.46. The standard InChI is InChI=1S/C17H23F2NO/c1-3-5-6-7-8-10-13(4-2)17(21)20-16-14(18)11-9-12-15(16)19/h3,5,9,11-13H,4,6-8,10H2,1-2H3,(H,20,21)/b5-3+. The molecule has 0 saturated heterocycles. The molecule has 0 saturated carbocycles. The Morgan fingerprint density at radius 1 is 1.29 bits per heavy atom. The van der Waals surface area contributed by atoms with Gasteiger partial charge in [-0.15, -0.1) is 0 Å².